The molecule has 4 saturated carbocycles. The molecule has 0 amide bonds. The highest BCUT2D eigenvalue weighted by molar-refractivity contribution is 5.95. The molecule has 4 aliphatic rings. The van der Waals surface area contributed by atoms with Gasteiger partial charge in [-0.3, -0.25) is 9.59 Å². The molecule has 0 unspecified atom stereocenters. The molecule has 0 spiro atoms. The molecule has 1 N–H and O–H groups in total. The van der Waals surface area contributed by atoms with Gasteiger partial charge in [-0.05, 0) is 55.3 Å². The van der Waals surface area contributed by atoms with Gasteiger partial charge in [0.25, 0.3) is 0 Å². The molecule has 0 aromatic rings. The van der Waals surface area contributed by atoms with E-state index in [1.54, 1.807) is 7.11 Å². The Bertz CT molecular complexity index is 618. The van der Waals surface area contributed by atoms with Crippen molar-refractivity contribution in [3.05, 3.63) is 0 Å². The first kappa shape index (κ1) is 19.5. The largest absolute Gasteiger partial charge is 0.390 e. The highest BCUT2D eigenvalue weighted by Gasteiger charge is 2.64. The smallest absolute Gasteiger partial charge is 0.139 e. The number of ketones is 2. The molecule has 0 aromatic carbocycles. The van der Waals surface area contributed by atoms with Crippen molar-refractivity contribution >= 4 is 11.6 Å². The number of fused-ring (bicyclic) bond motifs is 5. The van der Waals surface area contributed by atoms with Gasteiger partial charge in [-0.1, -0.05) is 13.8 Å². The number of carbonyl (C=O) groups is 2. The average Bonchev–Trinajstić information content (AvgIpc) is 2.90. The molecule has 0 bridgehead atoms. The predicted molar refractivity (Wildman–Crippen MR) is 100 cm³/mol. The van der Waals surface area contributed by atoms with Crippen molar-refractivity contribution in [2.75, 3.05) is 20.3 Å². The normalized spacial score (nSPS) is 49.5. The fourth-order valence-electron chi connectivity index (χ4n) is 7.31. The molecule has 0 aliphatic heterocycles. The third kappa shape index (κ3) is 2.92. The summed E-state index contributed by atoms with van der Waals surface area (Å²) in [4.78, 5) is 25.9. The van der Waals surface area contributed by atoms with Crippen LogP contribution in [0.3, 0.4) is 0 Å². The summed E-state index contributed by atoms with van der Waals surface area (Å²) in [5.41, 5.74) is -0.562. The maximum atomic E-state index is 13.4. The lowest BCUT2D eigenvalue weighted by molar-refractivity contribution is -0.180. The van der Waals surface area contributed by atoms with Crippen molar-refractivity contribution in [2.45, 2.75) is 71.0 Å². The Labute approximate surface area is 162 Å². The lowest BCUT2D eigenvalue weighted by Gasteiger charge is -2.59. The van der Waals surface area contributed by atoms with Gasteiger partial charge >= 0.3 is 0 Å². The van der Waals surface area contributed by atoms with Gasteiger partial charge < -0.3 is 14.6 Å². The number of ether oxygens (including phenoxy) is 2. The summed E-state index contributed by atoms with van der Waals surface area (Å²) in [6.07, 6.45) is 4.82. The van der Waals surface area contributed by atoms with Crippen LogP contribution in [0.15, 0.2) is 0 Å². The molecule has 4 fully saturated rings. The van der Waals surface area contributed by atoms with Crippen molar-refractivity contribution < 1.29 is 24.2 Å². The van der Waals surface area contributed by atoms with Crippen molar-refractivity contribution in [3.8, 4) is 0 Å². The molecule has 4 rings (SSSR count). The predicted octanol–water partition coefficient (Wildman–Crippen LogP) is 2.78. The zero-order valence-electron chi connectivity index (χ0n) is 16.9. The Morgan fingerprint density at radius 1 is 1.15 bits per heavy atom. The molecule has 5 heteroatoms. The van der Waals surface area contributed by atoms with Crippen LogP contribution in [0.2, 0.25) is 0 Å². The van der Waals surface area contributed by atoms with Crippen molar-refractivity contribution in [1.29, 1.82) is 0 Å². The van der Waals surface area contributed by atoms with Crippen LogP contribution in [-0.2, 0) is 19.1 Å². The van der Waals surface area contributed by atoms with Gasteiger partial charge in [-0.15, -0.1) is 0 Å². The van der Waals surface area contributed by atoms with Crippen LogP contribution in [0.4, 0.5) is 0 Å². The molecule has 4 aliphatic carbocycles. The maximum absolute atomic E-state index is 13.4. The van der Waals surface area contributed by atoms with Gasteiger partial charge in [-0.2, -0.15) is 0 Å². The molecular weight excluding hydrogens is 344 g/mol. The first-order valence-electron chi connectivity index (χ1n) is 10.7. The number of aliphatic hydroxyl groups is 1. The van der Waals surface area contributed by atoms with Crippen molar-refractivity contribution in [2.24, 2.45) is 34.5 Å². The van der Waals surface area contributed by atoms with Gasteiger partial charge in [0.2, 0.25) is 0 Å². The number of rotatable bonds is 4. The second-order valence-corrected chi connectivity index (χ2v) is 9.96. The molecule has 0 aromatic heterocycles. The maximum Gasteiger partial charge on any atom is 0.139 e. The highest BCUT2D eigenvalue weighted by atomic mass is 16.5. The van der Waals surface area contributed by atoms with Crippen LogP contribution < -0.4 is 0 Å². The minimum Gasteiger partial charge on any atom is -0.390 e. The van der Waals surface area contributed by atoms with E-state index in [9.17, 15) is 14.7 Å². The Kier molecular flexibility index (Phi) is 5.01. The number of Topliss-reactive ketones (excluding diaryl/α,β-unsaturated/α-hetero) is 2. The van der Waals surface area contributed by atoms with Gasteiger partial charge in [0.1, 0.15) is 11.6 Å². The van der Waals surface area contributed by atoms with Gasteiger partial charge in [0.05, 0.1) is 25.4 Å². The van der Waals surface area contributed by atoms with Crippen LogP contribution in [0.25, 0.3) is 0 Å². The first-order chi connectivity index (χ1) is 12.8. The van der Waals surface area contributed by atoms with E-state index in [1.165, 1.54) is 0 Å². The Morgan fingerprint density at radius 3 is 2.67 bits per heavy atom. The van der Waals surface area contributed by atoms with E-state index < -0.39 is 11.5 Å². The van der Waals surface area contributed by atoms with Crippen LogP contribution in [-0.4, -0.2) is 49.2 Å². The number of carbonyl (C=O) groups excluding carboxylic acids is 2. The zero-order chi connectivity index (χ0) is 19.4. The number of aliphatic hydroxyl groups excluding tert-OH is 1. The lowest BCUT2D eigenvalue weighted by Crippen LogP contribution is -2.60. The molecule has 152 valence electrons. The Hall–Kier alpha value is -0.780. The summed E-state index contributed by atoms with van der Waals surface area (Å²) in [5, 5.41) is 10.6. The molecule has 0 saturated heterocycles. The summed E-state index contributed by atoms with van der Waals surface area (Å²) in [5.74, 6) is 1.63. The number of hydrogen-bond donors (Lipinski definition) is 1. The highest BCUT2D eigenvalue weighted by Crippen LogP contribution is 2.64. The SMILES string of the molecule is COCCO[C@H]1C[C@@]2(C)[C@@H](CC[C@@H]3[C@@H]2C(=O)C[C@]2(C)C(=O)CC[C@@H]32)C[C@@H]1O. The van der Waals surface area contributed by atoms with E-state index in [1.807, 2.05) is 6.92 Å². The van der Waals surface area contributed by atoms with E-state index in [4.69, 9.17) is 9.47 Å². The van der Waals surface area contributed by atoms with Gasteiger partial charge in [-0.25, -0.2) is 0 Å². The lowest BCUT2D eigenvalue weighted by atomic mass is 9.44. The topological polar surface area (TPSA) is 72.8 Å². The van der Waals surface area contributed by atoms with Crippen LogP contribution in [0.5, 0.6) is 0 Å². The van der Waals surface area contributed by atoms with Gasteiger partial charge in [0, 0.05) is 31.3 Å². The Balaban J connectivity index is 1.60. The molecule has 0 radical (unpaired) electrons. The van der Waals surface area contributed by atoms with E-state index in [-0.39, 0.29) is 23.2 Å². The summed E-state index contributed by atoms with van der Waals surface area (Å²) in [6, 6.07) is 0. The summed E-state index contributed by atoms with van der Waals surface area (Å²) in [6.45, 7) is 5.27. The minimum atomic E-state index is -0.464. The first-order valence-corrected chi connectivity index (χ1v) is 10.7. The number of methoxy groups -OCH3 is 1. The van der Waals surface area contributed by atoms with Crippen LogP contribution in [0, 0.1) is 34.5 Å². The zero-order valence-corrected chi connectivity index (χ0v) is 16.9. The Morgan fingerprint density at radius 2 is 1.93 bits per heavy atom. The standard InChI is InChI=1S/C22H34O5/c1-21-12-18(27-9-8-26-3)16(23)10-13(21)4-5-14-15-6-7-19(25)22(15,2)11-17(24)20(14)21/h13-16,18,20,23H,4-12H2,1-3H3/t13-,14-,15-,16-,18-,20+,21-,22-/m0/s1. The fourth-order valence-corrected chi connectivity index (χ4v) is 7.31. The second kappa shape index (κ2) is 6.93. The van der Waals surface area contributed by atoms with E-state index in [2.05, 4.69) is 6.92 Å². The molecule has 27 heavy (non-hydrogen) atoms. The van der Waals surface area contributed by atoms with E-state index in [0.717, 1.165) is 25.7 Å². The average molecular weight is 379 g/mol. The quantitative estimate of drug-likeness (QED) is 0.762. The fraction of sp³-hybridized carbons (Fsp3) is 0.909. The minimum absolute atomic E-state index is 0.0150. The molecular formula is C22H34O5. The number of hydrogen-bond acceptors (Lipinski definition) is 5. The third-order valence-electron chi connectivity index (χ3n) is 8.68. The van der Waals surface area contributed by atoms with E-state index in [0.29, 0.717) is 56.0 Å². The molecule has 5 nitrogen and oxygen atoms in total. The molecule has 0 heterocycles. The summed E-state index contributed by atoms with van der Waals surface area (Å²) < 4.78 is 11.0. The molecule has 8 atom stereocenters. The van der Waals surface area contributed by atoms with Crippen molar-refractivity contribution in [3.63, 3.8) is 0 Å². The van der Waals surface area contributed by atoms with E-state index >= 15 is 0 Å². The van der Waals surface area contributed by atoms with Crippen LogP contribution in [0.1, 0.15) is 58.8 Å². The third-order valence-corrected chi connectivity index (χ3v) is 8.68. The second-order valence-electron chi connectivity index (χ2n) is 9.96. The van der Waals surface area contributed by atoms with Crippen molar-refractivity contribution in [1.82, 2.24) is 0 Å². The summed E-state index contributed by atoms with van der Waals surface area (Å²) >= 11 is 0. The van der Waals surface area contributed by atoms with Crippen LogP contribution >= 0.6 is 0 Å². The summed E-state index contributed by atoms with van der Waals surface area (Å²) in [7, 11) is 1.64. The van der Waals surface area contributed by atoms with Gasteiger partial charge in [0.15, 0.2) is 0 Å². The monoisotopic (exact) mass is 378 g/mol.